The molecule has 98 valence electrons. The standard InChI is InChI=1S/C13H9FN6/c14-9-4-2-1-3-8(9)6-20-13-11(10(5-15)19-20)12(16)17-7-18-13/h1-4,7H,6H2,(H2,16,17,18). The van der Waals surface area contributed by atoms with Gasteiger partial charge in [0.1, 0.15) is 24.0 Å². The summed E-state index contributed by atoms with van der Waals surface area (Å²) in [5.41, 5.74) is 6.74. The van der Waals surface area contributed by atoms with Crippen LogP contribution in [0.1, 0.15) is 11.3 Å². The highest BCUT2D eigenvalue weighted by molar-refractivity contribution is 5.90. The molecule has 0 amide bonds. The third-order valence-corrected chi connectivity index (χ3v) is 2.94. The van der Waals surface area contributed by atoms with E-state index >= 15 is 0 Å². The van der Waals surface area contributed by atoms with Gasteiger partial charge in [0.2, 0.25) is 0 Å². The summed E-state index contributed by atoms with van der Waals surface area (Å²) in [5.74, 6) is -0.150. The maximum absolute atomic E-state index is 13.7. The maximum atomic E-state index is 13.7. The first-order valence-corrected chi connectivity index (χ1v) is 5.81. The van der Waals surface area contributed by atoms with Gasteiger partial charge < -0.3 is 5.73 Å². The third-order valence-electron chi connectivity index (χ3n) is 2.94. The molecule has 6 nitrogen and oxygen atoms in total. The van der Waals surface area contributed by atoms with Crippen LogP contribution < -0.4 is 5.73 Å². The third kappa shape index (κ3) is 1.83. The summed E-state index contributed by atoms with van der Waals surface area (Å²) in [4.78, 5) is 7.91. The predicted molar refractivity (Wildman–Crippen MR) is 70.0 cm³/mol. The molecule has 0 saturated heterocycles. The van der Waals surface area contributed by atoms with Crippen LogP contribution in [0.3, 0.4) is 0 Å². The van der Waals surface area contributed by atoms with Gasteiger partial charge in [-0.2, -0.15) is 10.4 Å². The van der Waals surface area contributed by atoms with Crippen molar-refractivity contribution in [3.8, 4) is 6.07 Å². The van der Waals surface area contributed by atoms with Gasteiger partial charge in [0.05, 0.1) is 11.9 Å². The fourth-order valence-electron chi connectivity index (χ4n) is 2.01. The van der Waals surface area contributed by atoms with Gasteiger partial charge in [0.15, 0.2) is 11.3 Å². The quantitative estimate of drug-likeness (QED) is 0.759. The normalized spacial score (nSPS) is 10.6. The lowest BCUT2D eigenvalue weighted by Gasteiger charge is -2.04. The lowest BCUT2D eigenvalue weighted by molar-refractivity contribution is 0.588. The molecule has 3 aromatic rings. The van der Waals surface area contributed by atoms with Crippen LogP contribution in [0.25, 0.3) is 11.0 Å². The second-order valence-electron chi connectivity index (χ2n) is 4.17. The second-order valence-corrected chi connectivity index (χ2v) is 4.17. The smallest absolute Gasteiger partial charge is 0.175 e. The van der Waals surface area contributed by atoms with Gasteiger partial charge in [0.25, 0.3) is 0 Å². The van der Waals surface area contributed by atoms with E-state index < -0.39 is 0 Å². The molecule has 0 aliphatic heterocycles. The average Bonchev–Trinajstić information content (AvgIpc) is 2.81. The van der Waals surface area contributed by atoms with Crippen LogP contribution in [0.4, 0.5) is 10.2 Å². The van der Waals surface area contributed by atoms with Crippen molar-refractivity contribution in [1.29, 1.82) is 5.26 Å². The van der Waals surface area contributed by atoms with E-state index in [4.69, 9.17) is 11.0 Å². The number of anilines is 1. The van der Waals surface area contributed by atoms with E-state index in [0.717, 1.165) is 0 Å². The van der Waals surface area contributed by atoms with Crippen LogP contribution in [-0.2, 0) is 6.54 Å². The molecule has 0 radical (unpaired) electrons. The summed E-state index contributed by atoms with van der Waals surface area (Å²) in [6.45, 7) is 0.168. The largest absolute Gasteiger partial charge is 0.383 e. The maximum Gasteiger partial charge on any atom is 0.175 e. The fraction of sp³-hybridized carbons (Fsp3) is 0.0769. The Labute approximate surface area is 113 Å². The van der Waals surface area contributed by atoms with Crippen molar-refractivity contribution >= 4 is 16.9 Å². The number of hydrogen-bond acceptors (Lipinski definition) is 5. The van der Waals surface area contributed by atoms with Crippen LogP contribution in [0.15, 0.2) is 30.6 Å². The number of aromatic nitrogens is 4. The van der Waals surface area contributed by atoms with Crippen molar-refractivity contribution in [2.24, 2.45) is 0 Å². The molecule has 7 heteroatoms. The van der Waals surface area contributed by atoms with Gasteiger partial charge in [-0.3, -0.25) is 0 Å². The van der Waals surface area contributed by atoms with Crippen molar-refractivity contribution in [2.45, 2.75) is 6.54 Å². The first-order chi connectivity index (χ1) is 9.70. The van der Waals surface area contributed by atoms with E-state index in [0.29, 0.717) is 16.6 Å². The van der Waals surface area contributed by atoms with Crippen molar-refractivity contribution in [1.82, 2.24) is 19.7 Å². The Morgan fingerprint density at radius 3 is 2.85 bits per heavy atom. The molecule has 20 heavy (non-hydrogen) atoms. The van der Waals surface area contributed by atoms with Crippen molar-refractivity contribution in [3.05, 3.63) is 47.7 Å². The first-order valence-electron chi connectivity index (χ1n) is 5.81. The summed E-state index contributed by atoms with van der Waals surface area (Å²) in [6, 6.07) is 8.32. The van der Waals surface area contributed by atoms with Gasteiger partial charge >= 0.3 is 0 Å². The number of rotatable bonds is 2. The van der Waals surface area contributed by atoms with E-state index in [1.807, 2.05) is 6.07 Å². The minimum atomic E-state index is -0.336. The zero-order valence-corrected chi connectivity index (χ0v) is 10.3. The Hall–Kier alpha value is -3.01. The van der Waals surface area contributed by atoms with E-state index in [-0.39, 0.29) is 23.9 Å². The Balaban J connectivity index is 2.16. The highest BCUT2D eigenvalue weighted by Gasteiger charge is 2.15. The summed E-state index contributed by atoms with van der Waals surface area (Å²) < 4.78 is 15.1. The van der Waals surface area contributed by atoms with Gasteiger partial charge in [0, 0.05) is 5.56 Å². The van der Waals surface area contributed by atoms with Crippen molar-refractivity contribution in [2.75, 3.05) is 5.73 Å². The molecular formula is C13H9FN6. The lowest BCUT2D eigenvalue weighted by Crippen LogP contribution is -2.05. The van der Waals surface area contributed by atoms with Gasteiger partial charge in [-0.15, -0.1) is 0 Å². The molecule has 2 N–H and O–H groups in total. The molecule has 0 unspecified atom stereocenters. The van der Waals surface area contributed by atoms with Crippen LogP contribution >= 0.6 is 0 Å². The van der Waals surface area contributed by atoms with Gasteiger partial charge in [-0.1, -0.05) is 18.2 Å². The average molecular weight is 268 g/mol. The predicted octanol–water partition coefficient (Wildman–Crippen LogP) is 1.47. The van der Waals surface area contributed by atoms with Crippen molar-refractivity contribution in [3.63, 3.8) is 0 Å². The number of nitriles is 1. The molecule has 0 aliphatic carbocycles. The molecule has 0 atom stereocenters. The lowest BCUT2D eigenvalue weighted by atomic mass is 10.2. The molecule has 1 aromatic carbocycles. The molecule has 2 aromatic heterocycles. The van der Waals surface area contributed by atoms with Crippen LogP contribution in [-0.4, -0.2) is 19.7 Å². The molecule has 0 spiro atoms. The zero-order valence-electron chi connectivity index (χ0n) is 10.3. The Morgan fingerprint density at radius 2 is 2.10 bits per heavy atom. The highest BCUT2D eigenvalue weighted by Crippen LogP contribution is 2.21. The zero-order chi connectivity index (χ0) is 14.1. The number of nitrogens with two attached hydrogens (primary N) is 1. The highest BCUT2D eigenvalue weighted by atomic mass is 19.1. The summed E-state index contributed by atoms with van der Waals surface area (Å²) in [7, 11) is 0. The van der Waals surface area contributed by atoms with Crippen LogP contribution in [0.2, 0.25) is 0 Å². The monoisotopic (exact) mass is 268 g/mol. The van der Waals surface area contributed by atoms with Crippen LogP contribution in [0.5, 0.6) is 0 Å². The molecular weight excluding hydrogens is 259 g/mol. The number of halogens is 1. The molecule has 0 saturated carbocycles. The van der Waals surface area contributed by atoms with E-state index in [1.165, 1.54) is 17.1 Å². The SMILES string of the molecule is N#Cc1nn(Cc2ccccc2F)c2ncnc(N)c12. The Morgan fingerprint density at radius 1 is 1.30 bits per heavy atom. The summed E-state index contributed by atoms with van der Waals surface area (Å²) in [6.07, 6.45) is 1.29. The van der Waals surface area contributed by atoms with Crippen molar-refractivity contribution < 1.29 is 4.39 Å². The molecule has 2 heterocycles. The minimum Gasteiger partial charge on any atom is -0.383 e. The number of nitrogen functional groups attached to an aromatic ring is 1. The minimum absolute atomic E-state index is 0.134. The fourth-order valence-corrected chi connectivity index (χ4v) is 2.01. The summed E-state index contributed by atoms with van der Waals surface area (Å²) in [5, 5.41) is 13.6. The number of hydrogen-bond donors (Lipinski definition) is 1. The van der Waals surface area contributed by atoms with E-state index in [1.54, 1.807) is 18.2 Å². The number of nitrogens with zero attached hydrogens (tertiary/aromatic N) is 5. The van der Waals surface area contributed by atoms with Gasteiger partial charge in [-0.05, 0) is 6.07 Å². The molecule has 3 rings (SSSR count). The second kappa shape index (κ2) is 4.59. The topological polar surface area (TPSA) is 93.4 Å². The van der Waals surface area contributed by atoms with Gasteiger partial charge in [-0.25, -0.2) is 19.0 Å². The number of benzene rings is 1. The summed E-state index contributed by atoms with van der Waals surface area (Å²) >= 11 is 0. The molecule has 0 aliphatic rings. The molecule has 0 bridgehead atoms. The molecule has 0 fully saturated rings. The van der Waals surface area contributed by atoms with E-state index in [2.05, 4.69) is 15.1 Å². The first kappa shape index (κ1) is 12.0. The number of fused-ring (bicyclic) bond motifs is 1. The Kier molecular flexibility index (Phi) is 2.76. The van der Waals surface area contributed by atoms with Crippen LogP contribution in [0, 0.1) is 17.1 Å². The Bertz CT molecular complexity index is 832. The van der Waals surface area contributed by atoms with E-state index in [9.17, 15) is 4.39 Å².